The fourth-order valence-electron chi connectivity index (χ4n) is 4.19. The van der Waals surface area contributed by atoms with Crippen LogP contribution in [0.5, 0.6) is 34.5 Å². The van der Waals surface area contributed by atoms with Crippen LogP contribution in [0, 0.1) is 0 Å². The monoisotopic (exact) mass is 470 g/mol. The van der Waals surface area contributed by atoms with E-state index in [0.29, 0.717) is 65.4 Å². The third-order valence-electron chi connectivity index (χ3n) is 5.91. The number of amides is 1. The largest absolute Gasteiger partial charge is 0.493 e. The Balaban J connectivity index is 1.38. The van der Waals surface area contributed by atoms with Crippen molar-refractivity contribution in [1.82, 2.24) is 4.90 Å². The summed E-state index contributed by atoms with van der Waals surface area (Å²) < 4.78 is 33.3. The normalized spacial score (nSPS) is 16.4. The van der Waals surface area contributed by atoms with Gasteiger partial charge in [0.25, 0.3) is 5.91 Å². The summed E-state index contributed by atoms with van der Waals surface area (Å²) in [5.41, 5.74) is 1.14. The van der Waals surface area contributed by atoms with E-state index < -0.39 is 0 Å². The standard InChI is InChI=1S/C25H30N2O7/c1-29-20-13-18-19(26-15-16-7-5-8-27(16)25(18)28)14-21(20)34-10-6-9-33-17-11-22(30-2)24(32-4)23(12-17)31-3/h11-16H,5-10H2,1-4H3/t16-/m0/s1. The van der Waals surface area contributed by atoms with E-state index in [1.807, 2.05) is 11.1 Å². The van der Waals surface area contributed by atoms with E-state index in [9.17, 15) is 4.79 Å². The minimum atomic E-state index is -0.0152. The molecule has 34 heavy (non-hydrogen) atoms. The molecule has 2 aromatic rings. The van der Waals surface area contributed by atoms with E-state index in [0.717, 1.165) is 19.4 Å². The molecule has 2 aliphatic rings. The summed E-state index contributed by atoms with van der Waals surface area (Å²) in [5, 5.41) is 0. The van der Waals surface area contributed by atoms with E-state index in [1.54, 1.807) is 52.7 Å². The molecule has 0 unspecified atom stereocenters. The molecule has 0 N–H and O–H groups in total. The number of ether oxygens (including phenoxy) is 6. The van der Waals surface area contributed by atoms with Crippen molar-refractivity contribution in [2.75, 3.05) is 48.2 Å². The highest BCUT2D eigenvalue weighted by Crippen LogP contribution is 2.41. The quantitative estimate of drug-likeness (QED) is 0.487. The van der Waals surface area contributed by atoms with E-state index in [-0.39, 0.29) is 11.9 Å². The van der Waals surface area contributed by atoms with Crippen molar-refractivity contribution in [3.05, 3.63) is 29.8 Å². The van der Waals surface area contributed by atoms with Crippen LogP contribution >= 0.6 is 0 Å². The zero-order valence-electron chi connectivity index (χ0n) is 20.0. The molecule has 0 radical (unpaired) electrons. The van der Waals surface area contributed by atoms with E-state index in [4.69, 9.17) is 28.4 Å². The van der Waals surface area contributed by atoms with Crippen LogP contribution in [-0.2, 0) is 0 Å². The lowest BCUT2D eigenvalue weighted by Crippen LogP contribution is -2.35. The summed E-state index contributed by atoms with van der Waals surface area (Å²) >= 11 is 0. The maximum atomic E-state index is 13.0. The highest BCUT2D eigenvalue weighted by atomic mass is 16.5. The average Bonchev–Trinajstić information content (AvgIpc) is 3.30. The Morgan fingerprint density at radius 2 is 1.59 bits per heavy atom. The molecule has 4 rings (SSSR count). The number of fused-ring (bicyclic) bond motifs is 2. The number of rotatable bonds is 10. The van der Waals surface area contributed by atoms with E-state index >= 15 is 0 Å². The van der Waals surface area contributed by atoms with Crippen LogP contribution in [0.15, 0.2) is 29.3 Å². The lowest BCUT2D eigenvalue weighted by atomic mass is 10.1. The molecule has 1 fully saturated rings. The van der Waals surface area contributed by atoms with Crippen molar-refractivity contribution < 1.29 is 33.2 Å². The van der Waals surface area contributed by atoms with Gasteiger partial charge in [-0.05, 0) is 18.9 Å². The van der Waals surface area contributed by atoms with E-state index in [1.165, 1.54) is 0 Å². The topological polar surface area (TPSA) is 88.1 Å². The highest BCUT2D eigenvalue weighted by molar-refractivity contribution is 6.03. The molecule has 0 bridgehead atoms. The first-order valence-electron chi connectivity index (χ1n) is 11.2. The fraction of sp³-hybridized carbons (Fsp3) is 0.440. The van der Waals surface area contributed by atoms with E-state index in [2.05, 4.69) is 4.99 Å². The fourth-order valence-corrected chi connectivity index (χ4v) is 4.19. The third kappa shape index (κ3) is 4.69. The van der Waals surface area contributed by atoms with Crippen LogP contribution in [0.4, 0.5) is 5.69 Å². The first-order chi connectivity index (χ1) is 16.6. The molecule has 9 nitrogen and oxygen atoms in total. The van der Waals surface area contributed by atoms with Gasteiger partial charge >= 0.3 is 0 Å². The minimum Gasteiger partial charge on any atom is -0.493 e. The van der Waals surface area contributed by atoms with Gasteiger partial charge in [-0.2, -0.15) is 0 Å². The molecule has 2 heterocycles. The van der Waals surface area contributed by atoms with Gasteiger partial charge in [0.1, 0.15) is 5.75 Å². The Hall–Kier alpha value is -3.62. The van der Waals surface area contributed by atoms with Gasteiger partial charge in [-0.1, -0.05) is 0 Å². The number of benzene rings is 2. The van der Waals surface area contributed by atoms with Gasteiger partial charge in [-0.25, -0.2) is 0 Å². The summed E-state index contributed by atoms with van der Waals surface area (Å²) in [5.74, 6) is 3.20. The molecule has 0 aromatic heterocycles. The first kappa shape index (κ1) is 23.5. The third-order valence-corrected chi connectivity index (χ3v) is 5.91. The van der Waals surface area contributed by atoms with Gasteiger partial charge in [-0.15, -0.1) is 0 Å². The van der Waals surface area contributed by atoms with Crippen molar-refractivity contribution >= 4 is 17.8 Å². The van der Waals surface area contributed by atoms with Crippen LogP contribution in [0.1, 0.15) is 29.6 Å². The molecule has 1 saturated heterocycles. The number of methoxy groups -OCH3 is 4. The first-order valence-corrected chi connectivity index (χ1v) is 11.2. The molecule has 2 aliphatic heterocycles. The molecule has 9 heteroatoms. The number of aliphatic imine (C=N–C) groups is 1. The molecule has 1 atom stereocenters. The van der Waals surface area contributed by atoms with Crippen LogP contribution in [0.3, 0.4) is 0 Å². The molecular weight excluding hydrogens is 440 g/mol. The van der Waals surface area contributed by atoms with Gasteiger partial charge in [0.15, 0.2) is 23.0 Å². The summed E-state index contributed by atoms with van der Waals surface area (Å²) in [7, 11) is 6.24. The van der Waals surface area contributed by atoms with Crippen LogP contribution in [0.25, 0.3) is 0 Å². The maximum Gasteiger partial charge on any atom is 0.256 e. The highest BCUT2D eigenvalue weighted by Gasteiger charge is 2.32. The molecule has 0 aliphatic carbocycles. The summed E-state index contributed by atoms with van der Waals surface area (Å²) in [4.78, 5) is 19.4. The Morgan fingerprint density at radius 1 is 0.882 bits per heavy atom. The molecule has 0 saturated carbocycles. The smallest absolute Gasteiger partial charge is 0.256 e. The Kier molecular flexibility index (Phi) is 7.30. The van der Waals surface area contributed by atoms with Crippen molar-refractivity contribution in [3.63, 3.8) is 0 Å². The van der Waals surface area contributed by atoms with Crippen LogP contribution in [-0.4, -0.2) is 71.3 Å². The summed E-state index contributed by atoms with van der Waals surface area (Å²) in [6.07, 6.45) is 4.41. The van der Waals surface area contributed by atoms with Gasteiger partial charge in [0.05, 0.1) is 58.9 Å². The molecule has 1 amide bonds. The average molecular weight is 471 g/mol. The number of carbonyl (C=O) groups excluding carboxylic acids is 1. The van der Waals surface area contributed by atoms with Gasteiger partial charge in [0.2, 0.25) is 5.75 Å². The number of nitrogens with zero attached hydrogens (tertiary/aromatic N) is 2. The maximum absolute atomic E-state index is 13.0. The van der Waals surface area contributed by atoms with Crippen LogP contribution < -0.4 is 28.4 Å². The second kappa shape index (κ2) is 10.5. The number of hydrogen-bond acceptors (Lipinski definition) is 8. The van der Waals surface area contributed by atoms with Gasteiger partial charge < -0.3 is 33.3 Å². The predicted molar refractivity (Wildman–Crippen MR) is 127 cm³/mol. The van der Waals surface area contributed by atoms with Crippen molar-refractivity contribution in [2.24, 2.45) is 4.99 Å². The SMILES string of the molecule is COc1cc2c(cc1OCCCOc1cc(OC)c(OC)c(OC)c1)N=C[C@@H]1CCCN1C2=O. The summed E-state index contributed by atoms with van der Waals surface area (Å²) in [6, 6.07) is 7.04. The summed E-state index contributed by atoms with van der Waals surface area (Å²) in [6.45, 7) is 1.56. The lowest BCUT2D eigenvalue weighted by molar-refractivity contribution is 0.0774. The van der Waals surface area contributed by atoms with Gasteiger partial charge in [0, 0.05) is 37.4 Å². The Bertz CT molecular complexity index is 1040. The number of carbonyl (C=O) groups is 1. The number of hydrogen-bond donors (Lipinski definition) is 0. The molecule has 2 aromatic carbocycles. The van der Waals surface area contributed by atoms with Crippen molar-refractivity contribution in [1.29, 1.82) is 0 Å². The second-order valence-electron chi connectivity index (χ2n) is 7.92. The molecule has 182 valence electrons. The lowest BCUT2D eigenvalue weighted by Gasteiger charge is -2.20. The molecule has 0 spiro atoms. The van der Waals surface area contributed by atoms with Crippen molar-refractivity contribution in [3.8, 4) is 34.5 Å². The molecular formula is C25H30N2O7. The zero-order chi connectivity index (χ0) is 24.1. The van der Waals surface area contributed by atoms with Crippen molar-refractivity contribution in [2.45, 2.75) is 25.3 Å². The second-order valence-corrected chi connectivity index (χ2v) is 7.92. The minimum absolute atomic E-state index is 0.0152. The Labute approximate surface area is 199 Å². The van der Waals surface area contributed by atoms with Crippen LogP contribution in [0.2, 0.25) is 0 Å². The predicted octanol–water partition coefficient (Wildman–Crippen LogP) is 3.89. The Morgan fingerprint density at radius 3 is 2.26 bits per heavy atom. The zero-order valence-corrected chi connectivity index (χ0v) is 20.0. The van der Waals surface area contributed by atoms with Gasteiger partial charge in [-0.3, -0.25) is 9.79 Å².